The van der Waals surface area contributed by atoms with Crippen LogP contribution >= 0.6 is 24.0 Å². The number of nitrogens with one attached hydrogen (secondary N) is 1. The highest BCUT2D eigenvalue weighted by atomic mass is 32.2. The van der Waals surface area contributed by atoms with Crippen LogP contribution in [0.25, 0.3) is 6.08 Å². The van der Waals surface area contributed by atoms with Gasteiger partial charge in [0.25, 0.3) is 11.8 Å². The van der Waals surface area contributed by atoms with Crippen LogP contribution < -0.4 is 15.0 Å². The van der Waals surface area contributed by atoms with Crippen molar-refractivity contribution in [3.8, 4) is 5.75 Å². The Kier molecular flexibility index (Phi) is 4.86. The van der Waals surface area contributed by atoms with E-state index in [2.05, 4.69) is 5.32 Å². The number of thiocarbonyl (C=S) groups is 1. The number of benzene rings is 2. The van der Waals surface area contributed by atoms with E-state index < -0.39 is 17.5 Å². The predicted molar refractivity (Wildman–Crippen MR) is 106 cm³/mol. The van der Waals surface area contributed by atoms with Gasteiger partial charge in [-0.2, -0.15) is 0 Å². The summed E-state index contributed by atoms with van der Waals surface area (Å²) in [5.74, 6) is -2.00. The summed E-state index contributed by atoms with van der Waals surface area (Å²) in [5.41, 5.74) is 1.03. The van der Waals surface area contributed by atoms with Gasteiger partial charge in [0, 0.05) is 11.6 Å². The molecule has 2 aliphatic rings. The average molecular weight is 418 g/mol. The molecule has 9 heteroatoms. The van der Waals surface area contributed by atoms with Gasteiger partial charge in [0.2, 0.25) is 0 Å². The predicted octanol–water partition coefficient (Wildman–Crippen LogP) is 3.49. The molecule has 1 saturated heterocycles. The molecule has 2 heterocycles. The summed E-state index contributed by atoms with van der Waals surface area (Å²) in [6, 6.07) is 7.81. The van der Waals surface area contributed by atoms with Crippen LogP contribution in [0, 0.1) is 11.6 Å². The summed E-state index contributed by atoms with van der Waals surface area (Å²) in [6.45, 7) is 0.479. The number of rotatable bonds is 2. The normalized spacial score (nSPS) is 17.4. The zero-order valence-electron chi connectivity index (χ0n) is 14.2. The van der Waals surface area contributed by atoms with Crippen LogP contribution in [0.15, 0.2) is 41.3 Å². The number of amides is 2. The lowest BCUT2D eigenvalue weighted by molar-refractivity contribution is -0.115. The second-order valence-electron chi connectivity index (χ2n) is 6.04. The van der Waals surface area contributed by atoms with Crippen LogP contribution in [0.1, 0.15) is 15.9 Å². The Morgan fingerprint density at radius 1 is 1.21 bits per heavy atom. The number of fused-ring (bicyclic) bond motifs is 1. The van der Waals surface area contributed by atoms with Crippen molar-refractivity contribution in [3.05, 3.63) is 64.1 Å². The van der Waals surface area contributed by atoms with Gasteiger partial charge in [0.15, 0.2) is 0 Å². The van der Waals surface area contributed by atoms with E-state index in [-0.39, 0.29) is 24.6 Å². The van der Waals surface area contributed by atoms with E-state index in [1.807, 2.05) is 0 Å². The second kappa shape index (κ2) is 7.33. The van der Waals surface area contributed by atoms with Gasteiger partial charge < -0.3 is 15.0 Å². The lowest BCUT2D eigenvalue weighted by atomic mass is 10.1. The third-order valence-electron chi connectivity index (χ3n) is 4.14. The molecule has 4 rings (SSSR count). The summed E-state index contributed by atoms with van der Waals surface area (Å²) in [7, 11) is 0. The minimum Gasteiger partial charge on any atom is -0.490 e. The molecule has 2 aliphatic heterocycles. The maximum absolute atomic E-state index is 13.5. The summed E-state index contributed by atoms with van der Waals surface area (Å²) in [5, 5.41) is 2.54. The first-order valence-corrected chi connectivity index (χ1v) is 9.43. The molecule has 0 aliphatic carbocycles. The van der Waals surface area contributed by atoms with E-state index in [1.165, 1.54) is 4.90 Å². The Bertz CT molecular complexity index is 1040. The first-order valence-electron chi connectivity index (χ1n) is 8.20. The minimum absolute atomic E-state index is 0.0924. The van der Waals surface area contributed by atoms with Crippen molar-refractivity contribution in [2.24, 2.45) is 0 Å². The molecule has 0 radical (unpaired) electrons. The van der Waals surface area contributed by atoms with Crippen LogP contribution in [-0.4, -0.2) is 29.3 Å². The number of anilines is 1. The van der Waals surface area contributed by atoms with Crippen LogP contribution in [0.3, 0.4) is 0 Å². The Labute approximate surface area is 168 Å². The molecule has 2 aromatic carbocycles. The first-order chi connectivity index (χ1) is 13.4. The van der Waals surface area contributed by atoms with Crippen molar-refractivity contribution < 1.29 is 23.1 Å². The largest absolute Gasteiger partial charge is 0.490 e. The Balaban J connectivity index is 1.70. The average Bonchev–Trinajstić information content (AvgIpc) is 2.96. The summed E-state index contributed by atoms with van der Waals surface area (Å²) < 4.78 is 33.0. The summed E-state index contributed by atoms with van der Waals surface area (Å²) in [4.78, 5) is 26.5. The quantitative estimate of drug-likeness (QED) is 0.598. The molecule has 0 bridgehead atoms. The van der Waals surface area contributed by atoms with Gasteiger partial charge in [-0.25, -0.2) is 8.78 Å². The molecular formula is C19H12F2N2O3S2. The Morgan fingerprint density at radius 3 is 2.64 bits per heavy atom. The van der Waals surface area contributed by atoms with Crippen LogP contribution in [0.5, 0.6) is 5.75 Å². The zero-order chi connectivity index (χ0) is 19.8. The molecule has 0 spiro atoms. The number of halogens is 2. The van der Waals surface area contributed by atoms with Gasteiger partial charge in [0.05, 0.1) is 17.1 Å². The van der Waals surface area contributed by atoms with E-state index in [9.17, 15) is 18.4 Å². The van der Waals surface area contributed by atoms with Gasteiger partial charge in [-0.15, -0.1) is 0 Å². The van der Waals surface area contributed by atoms with Crippen molar-refractivity contribution >= 4 is 51.9 Å². The molecule has 2 amide bonds. The fraction of sp³-hybridized carbons (Fsp3) is 0.105. The highest BCUT2D eigenvalue weighted by Gasteiger charge is 2.27. The lowest BCUT2D eigenvalue weighted by Crippen LogP contribution is -2.38. The number of thioether (sulfide) groups is 1. The number of carbonyl (C=O) groups is 2. The van der Waals surface area contributed by atoms with Gasteiger partial charge in [-0.05, 0) is 35.9 Å². The summed E-state index contributed by atoms with van der Waals surface area (Å²) >= 11 is 6.12. The van der Waals surface area contributed by atoms with Crippen LogP contribution in [-0.2, 0) is 4.79 Å². The van der Waals surface area contributed by atoms with E-state index >= 15 is 0 Å². The minimum atomic E-state index is -0.824. The highest BCUT2D eigenvalue weighted by molar-refractivity contribution is 8.26. The van der Waals surface area contributed by atoms with Crippen LogP contribution in [0.2, 0.25) is 0 Å². The number of nitrogens with zero attached hydrogens (tertiary/aromatic N) is 1. The molecule has 5 nitrogen and oxygen atoms in total. The monoisotopic (exact) mass is 418 g/mol. The number of ether oxygens (including phenoxy) is 1. The van der Waals surface area contributed by atoms with Gasteiger partial charge in [-0.1, -0.05) is 30.0 Å². The Morgan fingerprint density at radius 2 is 1.96 bits per heavy atom. The topological polar surface area (TPSA) is 58.6 Å². The van der Waals surface area contributed by atoms with Gasteiger partial charge >= 0.3 is 0 Å². The highest BCUT2D eigenvalue weighted by Crippen LogP contribution is 2.35. The van der Waals surface area contributed by atoms with E-state index in [1.54, 1.807) is 24.3 Å². The standard InChI is InChI=1S/C19H12F2N2O3S2/c20-12-7-11(8-13(21)9-12)18(25)23-3-4-26-15-2-1-10(5-14(15)23)6-16-17(24)22-19(27)28-16/h1-2,5-9H,3-4H2,(H,22,24,27). The molecule has 142 valence electrons. The molecular weight excluding hydrogens is 406 g/mol. The second-order valence-corrected chi connectivity index (χ2v) is 7.76. The number of hydrogen-bond donors (Lipinski definition) is 1. The SMILES string of the molecule is O=C1NC(=S)SC1=Cc1ccc2c(c1)N(C(=O)c1cc(F)cc(F)c1)CCO2. The smallest absolute Gasteiger partial charge is 0.263 e. The maximum Gasteiger partial charge on any atom is 0.263 e. The van der Waals surface area contributed by atoms with Crippen molar-refractivity contribution in [1.29, 1.82) is 0 Å². The van der Waals surface area contributed by atoms with E-state index in [0.29, 0.717) is 32.3 Å². The molecule has 1 N–H and O–H groups in total. The van der Waals surface area contributed by atoms with Crippen molar-refractivity contribution in [1.82, 2.24) is 5.32 Å². The fourth-order valence-corrected chi connectivity index (χ4v) is 3.99. The molecule has 1 fully saturated rings. The van der Waals surface area contributed by atoms with E-state index in [0.717, 1.165) is 23.9 Å². The number of carbonyl (C=O) groups excluding carboxylic acids is 2. The number of hydrogen-bond acceptors (Lipinski definition) is 5. The van der Waals surface area contributed by atoms with E-state index in [4.69, 9.17) is 17.0 Å². The molecule has 0 atom stereocenters. The van der Waals surface area contributed by atoms with Crippen LogP contribution in [0.4, 0.5) is 14.5 Å². The molecule has 0 saturated carbocycles. The fourth-order valence-electron chi connectivity index (χ4n) is 2.94. The maximum atomic E-state index is 13.5. The molecule has 28 heavy (non-hydrogen) atoms. The van der Waals surface area contributed by atoms with Crippen molar-refractivity contribution in [2.45, 2.75) is 0 Å². The lowest BCUT2D eigenvalue weighted by Gasteiger charge is -2.30. The first kappa shape index (κ1) is 18.6. The van der Waals surface area contributed by atoms with Crippen molar-refractivity contribution in [2.75, 3.05) is 18.1 Å². The van der Waals surface area contributed by atoms with Gasteiger partial charge in [-0.3, -0.25) is 9.59 Å². The molecule has 0 aromatic heterocycles. The third-order valence-corrected chi connectivity index (χ3v) is 5.30. The molecule has 2 aromatic rings. The summed E-state index contributed by atoms with van der Waals surface area (Å²) in [6.07, 6.45) is 1.65. The van der Waals surface area contributed by atoms with Gasteiger partial charge in [0.1, 0.15) is 28.3 Å². The van der Waals surface area contributed by atoms with Crippen molar-refractivity contribution in [3.63, 3.8) is 0 Å². The third kappa shape index (κ3) is 3.63. The Hall–Kier alpha value is -2.78. The zero-order valence-corrected chi connectivity index (χ0v) is 15.8. The molecule has 0 unspecified atom stereocenters.